The first-order chi connectivity index (χ1) is 15.8. The van der Waals surface area contributed by atoms with Crippen molar-refractivity contribution in [3.8, 4) is 11.3 Å². The van der Waals surface area contributed by atoms with E-state index in [-0.39, 0.29) is 17.1 Å². The fraction of sp³-hybridized carbons (Fsp3) is 0.0385. The molecule has 3 nitrogen and oxygen atoms in total. The number of alkyl halides is 3. The van der Waals surface area contributed by atoms with Gasteiger partial charge in [-0.2, -0.15) is 13.2 Å². The van der Waals surface area contributed by atoms with Crippen molar-refractivity contribution in [2.45, 2.75) is 6.18 Å². The topological polar surface area (TPSA) is 42.2 Å². The van der Waals surface area contributed by atoms with Crippen molar-refractivity contribution in [2.75, 3.05) is 5.32 Å². The minimum absolute atomic E-state index is 0.0263. The molecule has 4 rings (SSSR count). The van der Waals surface area contributed by atoms with Gasteiger partial charge in [-0.05, 0) is 53.6 Å². The zero-order valence-corrected chi connectivity index (χ0v) is 17.8. The lowest BCUT2D eigenvalue weighted by Crippen LogP contribution is -2.10. The van der Waals surface area contributed by atoms with Crippen LogP contribution in [0.2, 0.25) is 5.02 Å². The first-order valence-corrected chi connectivity index (χ1v) is 10.3. The molecule has 166 valence electrons. The molecule has 0 saturated carbocycles. The quantitative estimate of drug-likeness (QED) is 0.302. The lowest BCUT2D eigenvalue weighted by molar-refractivity contribution is -0.137. The smallest absolute Gasteiger partial charge is 0.417 e. The van der Waals surface area contributed by atoms with E-state index in [1.807, 2.05) is 54.6 Å². The first kappa shape index (κ1) is 22.4. The Morgan fingerprint density at radius 1 is 0.848 bits per heavy atom. The van der Waals surface area contributed by atoms with Crippen molar-refractivity contribution in [3.63, 3.8) is 0 Å². The number of hydrogen-bond donors (Lipinski definition) is 1. The molecule has 0 saturated heterocycles. The number of carbonyl (C=O) groups is 1. The molecule has 7 heteroatoms. The Balaban J connectivity index is 1.44. The summed E-state index contributed by atoms with van der Waals surface area (Å²) in [4.78, 5) is 12.5. The van der Waals surface area contributed by atoms with Crippen molar-refractivity contribution >= 4 is 35.3 Å². The summed E-state index contributed by atoms with van der Waals surface area (Å²) in [5, 5.41) is 2.31. The van der Waals surface area contributed by atoms with E-state index >= 15 is 0 Å². The third kappa shape index (κ3) is 5.54. The zero-order chi connectivity index (χ0) is 23.4. The van der Waals surface area contributed by atoms with Gasteiger partial charge < -0.3 is 9.73 Å². The van der Waals surface area contributed by atoms with Gasteiger partial charge in [0, 0.05) is 11.3 Å². The molecule has 0 unspecified atom stereocenters. The molecule has 3 aromatic carbocycles. The number of nitrogens with one attached hydrogen (secondary N) is 1. The highest BCUT2D eigenvalue weighted by atomic mass is 35.5. The van der Waals surface area contributed by atoms with Crippen LogP contribution in [0.3, 0.4) is 0 Å². The number of furan rings is 1. The summed E-state index contributed by atoms with van der Waals surface area (Å²) in [5.74, 6) is -0.413. The van der Waals surface area contributed by atoms with Crippen molar-refractivity contribution < 1.29 is 22.4 Å². The van der Waals surface area contributed by atoms with Gasteiger partial charge in [-0.3, -0.25) is 4.79 Å². The molecule has 1 aromatic heterocycles. The van der Waals surface area contributed by atoms with E-state index in [1.165, 1.54) is 18.2 Å². The second kappa shape index (κ2) is 9.38. The van der Waals surface area contributed by atoms with Crippen LogP contribution in [0.15, 0.2) is 89.3 Å². The fourth-order valence-electron chi connectivity index (χ4n) is 3.14. The molecule has 0 bridgehead atoms. The number of carbonyl (C=O) groups excluding carboxylic acids is 1. The largest absolute Gasteiger partial charge is 0.451 e. The lowest BCUT2D eigenvalue weighted by atomic mass is 10.1. The van der Waals surface area contributed by atoms with Crippen LogP contribution >= 0.6 is 11.6 Å². The van der Waals surface area contributed by atoms with Crippen LogP contribution in [0.25, 0.3) is 23.5 Å². The molecule has 0 aliphatic carbocycles. The third-order valence-corrected chi connectivity index (χ3v) is 5.15. The fourth-order valence-corrected chi connectivity index (χ4v) is 3.36. The molecule has 1 N–H and O–H groups in total. The van der Waals surface area contributed by atoms with E-state index in [2.05, 4.69) is 5.32 Å². The molecule has 0 radical (unpaired) electrons. The van der Waals surface area contributed by atoms with Crippen LogP contribution in [0.5, 0.6) is 0 Å². The maximum absolute atomic E-state index is 13.1. The number of rotatable bonds is 5. The Morgan fingerprint density at radius 2 is 1.52 bits per heavy atom. The minimum atomic E-state index is -4.59. The van der Waals surface area contributed by atoms with Crippen LogP contribution in [0.4, 0.5) is 18.9 Å². The molecule has 0 atom stereocenters. The highest BCUT2D eigenvalue weighted by Gasteiger charge is 2.33. The van der Waals surface area contributed by atoms with E-state index in [1.54, 1.807) is 12.1 Å². The van der Waals surface area contributed by atoms with Gasteiger partial charge in [0.1, 0.15) is 5.76 Å². The van der Waals surface area contributed by atoms with Crippen molar-refractivity contribution in [1.29, 1.82) is 0 Å². The number of hydrogen-bond acceptors (Lipinski definition) is 2. The number of amides is 1. The summed E-state index contributed by atoms with van der Waals surface area (Å²) in [7, 11) is 0. The molecule has 0 aliphatic rings. The van der Waals surface area contributed by atoms with Gasteiger partial charge in [0.2, 0.25) is 0 Å². The summed E-state index contributed by atoms with van der Waals surface area (Å²) < 4.78 is 44.8. The summed E-state index contributed by atoms with van der Waals surface area (Å²) in [6.45, 7) is 0. The highest BCUT2D eigenvalue weighted by molar-refractivity contribution is 6.31. The molecule has 0 fully saturated rings. The van der Waals surface area contributed by atoms with Gasteiger partial charge in [0.15, 0.2) is 5.76 Å². The van der Waals surface area contributed by atoms with Gasteiger partial charge in [0.05, 0.1) is 10.6 Å². The predicted octanol–water partition coefficient (Wildman–Crippen LogP) is 8.04. The molecule has 0 aliphatic heterocycles. The number of halogens is 4. The summed E-state index contributed by atoms with van der Waals surface area (Å²) in [6, 6.07) is 23.4. The molecular weight excluding hydrogens is 451 g/mol. The maximum Gasteiger partial charge on any atom is 0.417 e. The Kier molecular flexibility index (Phi) is 6.38. The lowest BCUT2D eigenvalue weighted by Gasteiger charge is -2.10. The van der Waals surface area contributed by atoms with E-state index in [0.717, 1.165) is 23.3 Å². The Morgan fingerprint density at radius 3 is 2.18 bits per heavy atom. The van der Waals surface area contributed by atoms with Crippen LogP contribution in [-0.4, -0.2) is 5.91 Å². The number of anilines is 1. The average molecular weight is 468 g/mol. The predicted molar refractivity (Wildman–Crippen MR) is 124 cm³/mol. The van der Waals surface area contributed by atoms with Gasteiger partial charge in [-0.15, -0.1) is 0 Å². The van der Waals surface area contributed by atoms with Gasteiger partial charge in [-0.25, -0.2) is 0 Å². The second-order valence-electron chi connectivity index (χ2n) is 7.18. The van der Waals surface area contributed by atoms with Gasteiger partial charge >= 0.3 is 6.18 Å². The highest BCUT2D eigenvalue weighted by Crippen LogP contribution is 2.37. The van der Waals surface area contributed by atoms with Crippen LogP contribution in [0, 0.1) is 0 Å². The summed E-state index contributed by atoms with van der Waals surface area (Å²) in [5.41, 5.74) is 1.79. The van der Waals surface area contributed by atoms with Crippen molar-refractivity contribution in [3.05, 3.63) is 112 Å². The Hall–Kier alpha value is -3.77. The Labute approximate surface area is 193 Å². The van der Waals surface area contributed by atoms with Gasteiger partial charge in [-0.1, -0.05) is 66.2 Å². The van der Waals surface area contributed by atoms with E-state index in [9.17, 15) is 18.0 Å². The molecule has 1 heterocycles. The Bertz CT molecular complexity index is 1290. The third-order valence-electron chi connectivity index (χ3n) is 4.82. The van der Waals surface area contributed by atoms with Crippen molar-refractivity contribution in [2.24, 2.45) is 0 Å². The molecule has 0 spiro atoms. The monoisotopic (exact) mass is 467 g/mol. The van der Waals surface area contributed by atoms with Crippen LogP contribution in [-0.2, 0) is 6.18 Å². The molecule has 33 heavy (non-hydrogen) atoms. The molecule has 4 aromatic rings. The summed E-state index contributed by atoms with van der Waals surface area (Å²) >= 11 is 5.66. The number of benzene rings is 3. The second-order valence-corrected chi connectivity index (χ2v) is 7.58. The van der Waals surface area contributed by atoms with E-state index in [0.29, 0.717) is 5.69 Å². The first-order valence-electron chi connectivity index (χ1n) is 9.91. The average Bonchev–Trinajstić information content (AvgIpc) is 3.29. The zero-order valence-electron chi connectivity index (χ0n) is 17.1. The maximum atomic E-state index is 13.1. The van der Waals surface area contributed by atoms with Crippen LogP contribution in [0.1, 0.15) is 27.2 Å². The molecular formula is C26H17ClF3NO2. The SMILES string of the molecule is O=C(Nc1ccc(/C=C/c2ccccc2)cc1)c1ccc(-c2ccc(Cl)c(C(F)(F)F)c2)o1. The van der Waals surface area contributed by atoms with E-state index < -0.39 is 22.7 Å². The van der Waals surface area contributed by atoms with Crippen LogP contribution < -0.4 is 5.32 Å². The van der Waals surface area contributed by atoms with Crippen molar-refractivity contribution in [1.82, 2.24) is 0 Å². The summed E-state index contributed by atoms with van der Waals surface area (Å²) in [6.07, 6.45) is -0.650. The van der Waals surface area contributed by atoms with Gasteiger partial charge in [0.25, 0.3) is 5.91 Å². The van der Waals surface area contributed by atoms with E-state index in [4.69, 9.17) is 16.0 Å². The normalized spacial score (nSPS) is 11.6. The minimum Gasteiger partial charge on any atom is -0.451 e. The molecule has 1 amide bonds. The standard InChI is InChI=1S/C26H17ClF3NO2/c27-22-13-10-19(16-21(22)26(28,29)30)23-14-15-24(33-23)25(32)31-20-11-8-18(9-12-20)7-6-17-4-2-1-3-5-17/h1-16H,(H,31,32)/b7-6+.